The molecule has 6 heteroatoms. The lowest BCUT2D eigenvalue weighted by Crippen LogP contribution is -2.68. The summed E-state index contributed by atoms with van der Waals surface area (Å²) in [7, 11) is -4.94. The fourth-order valence-electron chi connectivity index (χ4n) is 0.995. The van der Waals surface area contributed by atoms with Gasteiger partial charge in [-0.15, -0.1) is 10.2 Å². The molecule has 1 aromatic heterocycles. The SMILES string of the molecule is [O-][Cl+3]([O-])([O-])[O-].c1ccc2c[s+]ccc2c1. The van der Waals surface area contributed by atoms with Crippen molar-refractivity contribution in [3.63, 3.8) is 0 Å². The molecule has 2 aromatic rings. The fraction of sp³-hybridized carbons (Fsp3) is 0. The molecule has 0 saturated carbocycles. The number of hydrogen-bond acceptors (Lipinski definition) is 4. The Bertz CT molecular complexity index is 358. The first kappa shape index (κ1) is 12.3. The minimum atomic E-state index is -4.94. The van der Waals surface area contributed by atoms with Crippen LogP contribution < -0.4 is 18.6 Å². The van der Waals surface area contributed by atoms with E-state index in [1.807, 2.05) is 0 Å². The minimum absolute atomic E-state index is 1.32. The molecule has 0 radical (unpaired) electrons. The molecule has 0 spiro atoms. The normalized spacial score (nSPS) is 10.7. The topological polar surface area (TPSA) is 92.2 Å². The van der Waals surface area contributed by atoms with E-state index >= 15 is 0 Å². The highest BCUT2D eigenvalue weighted by molar-refractivity contribution is 7.08. The van der Waals surface area contributed by atoms with Crippen LogP contribution in [-0.2, 0) is 0 Å². The Hall–Kier alpha value is -0.820. The lowest BCUT2D eigenvalue weighted by molar-refractivity contribution is -2.00. The largest absolute Gasteiger partial charge is 0.222 e. The molecule has 0 aliphatic heterocycles. The summed E-state index contributed by atoms with van der Waals surface area (Å²) in [6.07, 6.45) is 0. The van der Waals surface area contributed by atoms with Gasteiger partial charge in [-0.25, -0.2) is 18.6 Å². The van der Waals surface area contributed by atoms with Crippen molar-refractivity contribution in [3.8, 4) is 0 Å². The van der Waals surface area contributed by atoms with Gasteiger partial charge in [0.25, 0.3) is 0 Å². The first-order chi connectivity index (χ1) is 6.97. The maximum absolute atomic E-state index is 8.49. The Labute approximate surface area is 92.4 Å². The molecule has 4 nitrogen and oxygen atoms in total. The first-order valence-electron chi connectivity index (χ1n) is 3.83. The van der Waals surface area contributed by atoms with Crippen molar-refractivity contribution in [2.24, 2.45) is 0 Å². The summed E-state index contributed by atoms with van der Waals surface area (Å²) < 4.78 is 34.0. The molecule has 15 heavy (non-hydrogen) atoms. The molecule has 0 fully saturated rings. The molecule has 0 aliphatic rings. The third-order valence-corrected chi connectivity index (χ3v) is 2.20. The van der Waals surface area contributed by atoms with Crippen molar-refractivity contribution in [1.29, 1.82) is 0 Å². The molecular weight excluding hydrogens is 240 g/mol. The van der Waals surface area contributed by atoms with Gasteiger partial charge in [-0.05, 0) is 11.5 Å². The molecule has 0 atom stereocenters. The molecule has 0 saturated heterocycles. The average molecular weight is 247 g/mol. The Balaban J connectivity index is 0.000000195. The fourth-order valence-corrected chi connectivity index (χ4v) is 1.66. The van der Waals surface area contributed by atoms with Crippen LogP contribution in [0, 0.1) is 10.2 Å². The lowest BCUT2D eigenvalue weighted by Gasteiger charge is -2.17. The van der Waals surface area contributed by atoms with Crippen LogP contribution in [0.5, 0.6) is 0 Å². The van der Waals surface area contributed by atoms with Gasteiger partial charge in [-0.2, -0.15) is 0 Å². The molecular formula is C9H7ClO4S. The summed E-state index contributed by atoms with van der Waals surface area (Å²) in [6, 6.07) is 10.5. The van der Waals surface area contributed by atoms with E-state index < -0.39 is 10.2 Å². The molecule has 0 bridgehead atoms. The van der Waals surface area contributed by atoms with Gasteiger partial charge < -0.3 is 0 Å². The van der Waals surface area contributed by atoms with Gasteiger partial charge in [-0.3, -0.25) is 0 Å². The molecule has 0 amide bonds. The van der Waals surface area contributed by atoms with E-state index in [9.17, 15) is 0 Å². The Kier molecular flexibility index (Phi) is 4.34. The van der Waals surface area contributed by atoms with Gasteiger partial charge in [0.15, 0.2) is 5.38 Å². The first-order valence-corrected chi connectivity index (χ1v) is 6.00. The standard InChI is InChI=1S/C9H7S.ClHO4/c1-2-4-9-7-10-6-5-8(9)3-1;2-1(3,4)5/h1-7H;(H,2,3,4,5)/q+1;/p-1. The zero-order valence-corrected chi connectivity index (χ0v) is 9.03. The summed E-state index contributed by atoms with van der Waals surface area (Å²) >= 11 is 1.73. The summed E-state index contributed by atoms with van der Waals surface area (Å²) in [6.45, 7) is 0. The van der Waals surface area contributed by atoms with Gasteiger partial charge in [0, 0.05) is 11.5 Å². The molecule has 2 rings (SSSR count). The lowest BCUT2D eigenvalue weighted by atomic mass is 10.2. The van der Waals surface area contributed by atoms with Crippen molar-refractivity contribution in [1.82, 2.24) is 0 Å². The van der Waals surface area contributed by atoms with E-state index in [0.29, 0.717) is 0 Å². The van der Waals surface area contributed by atoms with Crippen LogP contribution in [-0.4, -0.2) is 0 Å². The third kappa shape index (κ3) is 5.58. The highest BCUT2D eigenvalue weighted by Crippen LogP contribution is 2.14. The molecule has 1 aromatic carbocycles. The monoisotopic (exact) mass is 246 g/mol. The molecule has 0 unspecified atom stereocenters. The van der Waals surface area contributed by atoms with Crippen LogP contribution in [0.4, 0.5) is 0 Å². The average Bonchev–Trinajstić information content (AvgIpc) is 2.16. The van der Waals surface area contributed by atoms with Crippen molar-refractivity contribution in [2.75, 3.05) is 0 Å². The Morgan fingerprint density at radius 1 is 0.867 bits per heavy atom. The molecule has 0 N–H and O–H groups in total. The van der Waals surface area contributed by atoms with Gasteiger partial charge in [0.05, 0.1) is 0 Å². The van der Waals surface area contributed by atoms with Gasteiger partial charge in [0.2, 0.25) is 16.7 Å². The second-order valence-corrected chi connectivity index (χ2v) is 4.10. The number of hydrogen-bond donors (Lipinski definition) is 0. The predicted molar refractivity (Wildman–Crippen MR) is 46.2 cm³/mol. The number of benzene rings is 1. The van der Waals surface area contributed by atoms with Crippen molar-refractivity contribution in [3.05, 3.63) is 41.1 Å². The van der Waals surface area contributed by atoms with E-state index in [0.717, 1.165) is 0 Å². The molecule has 80 valence electrons. The highest BCUT2D eigenvalue weighted by atomic mass is 35.7. The zero-order chi connectivity index (χ0) is 11.3. The Morgan fingerprint density at radius 3 is 1.93 bits per heavy atom. The highest BCUT2D eigenvalue weighted by Gasteiger charge is 1.93. The van der Waals surface area contributed by atoms with Crippen LogP contribution in [0.15, 0.2) is 41.1 Å². The van der Waals surface area contributed by atoms with Crippen LogP contribution in [0.3, 0.4) is 0 Å². The van der Waals surface area contributed by atoms with E-state index in [4.69, 9.17) is 18.6 Å². The smallest absolute Gasteiger partial charge is 0.212 e. The second kappa shape index (κ2) is 5.32. The Morgan fingerprint density at radius 2 is 1.40 bits per heavy atom. The molecule has 1 heterocycles. The van der Waals surface area contributed by atoms with Crippen LogP contribution in [0.25, 0.3) is 10.8 Å². The van der Waals surface area contributed by atoms with Crippen LogP contribution >= 0.6 is 11.3 Å². The zero-order valence-electron chi connectivity index (χ0n) is 7.46. The maximum atomic E-state index is 8.49. The van der Waals surface area contributed by atoms with E-state index in [-0.39, 0.29) is 0 Å². The van der Waals surface area contributed by atoms with Crippen molar-refractivity contribution in [2.45, 2.75) is 0 Å². The van der Waals surface area contributed by atoms with E-state index in [1.165, 1.54) is 10.8 Å². The van der Waals surface area contributed by atoms with E-state index in [2.05, 4.69) is 41.1 Å². The number of fused-ring (bicyclic) bond motifs is 1. The summed E-state index contributed by atoms with van der Waals surface area (Å²) in [5.41, 5.74) is 0. The summed E-state index contributed by atoms with van der Waals surface area (Å²) in [5, 5.41) is 6.91. The van der Waals surface area contributed by atoms with Crippen LogP contribution in [0.1, 0.15) is 0 Å². The minimum Gasteiger partial charge on any atom is -0.222 e. The quantitative estimate of drug-likeness (QED) is 0.525. The van der Waals surface area contributed by atoms with Crippen molar-refractivity contribution < 1.29 is 28.9 Å². The number of halogens is 1. The van der Waals surface area contributed by atoms with Crippen molar-refractivity contribution >= 4 is 22.1 Å². The van der Waals surface area contributed by atoms with Crippen LogP contribution in [0.2, 0.25) is 0 Å². The second-order valence-electron chi connectivity index (χ2n) is 2.56. The third-order valence-electron chi connectivity index (χ3n) is 1.52. The summed E-state index contributed by atoms with van der Waals surface area (Å²) in [4.78, 5) is 0. The predicted octanol–water partition coefficient (Wildman–Crippen LogP) is -1.57. The van der Waals surface area contributed by atoms with Gasteiger partial charge in [-0.1, -0.05) is 18.2 Å². The van der Waals surface area contributed by atoms with Gasteiger partial charge in [0.1, 0.15) is 0 Å². The summed E-state index contributed by atoms with van der Waals surface area (Å²) in [5.74, 6) is 0. The number of rotatable bonds is 0. The molecule has 0 aliphatic carbocycles. The van der Waals surface area contributed by atoms with E-state index in [1.54, 1.807) is 11.3 Å². The maximum Gasteiger partial charge on any atom is 0.212 e. The van der Waals surface area contributed by atoms with Gasteiger partial charge >= 0.3 is 0 Å².